The van der Waals surface area contributed by atoms with Crippen LogP contribution in [-0.4, -0.2) is 11.9 Å². The average molecular weight is 285 g/mol. The Balaban J connectivity index is 2.74. The highest BCUT2D eigenvalue weighted by atomic mass is 79.9. The first-order chi connectivity index (χ1) is 7.30. The Hall–Kier alpha value is -1.16. The number of carbonyl (C=O) groups excluding carboxylic acids is 2. The molecule has 3 nitrogen and oxygen atoms in total. The molecule has 0 spiro atoms. The van der Waals surface area contributed by atoms with Crippen molar-refractivity contribution in [2.24, 2.45) is 5.41 Å². The molecule has 4 heteroatoms. The number of halogens is 1. The molecule has 0 aliphatic carbocycles. The van der Waals surface area contributed by atoms with Crippen LogP contribution in [0.3, 0.4) is 0 Å². The molecule has 0 heterocycles. The Morgan fingerprint density at radius 2 is 1.62 bits per heavy atom. The largest absolute Gasteiger partial charge is 0.389 e. The van der Waals surface area contributed by atoms with Gasteiger partial charge in [-0.2, -0.15) is 0 Å². The summed E-state index contributed by atoms with van der Waals surface area (Å²) in [7, 11) is 0. The number of benzene rings is 1. The van der Waals surface area contributed by atoms with E-state index in [-0.39, 0.29) is 0 Å². The van der Waals surface area contributed by atoms with Crippen LogP contribution in [0, 0.1) is 5.41 Å². The standard InChI is InChI=1S/C12H13BrO3/c1-12(2,3)11(15)16-10(14)8-4-6-9(13)7-5-8/h4-7H,1-3H3. The Labute approximate surface area is 103 Å². The van der Waals surface area contributed by atoms with Crippen molar-refractivity contribution in [1.82, 2.24) is 0 Å². The Morgan fingerprint density at radius 3 is 2.06 bits per heavy atom. The molecule has 0 bridgehead atoms. The van der Waals surface area contributed by atoms with Gasteiger partial charge in [0.05, 0.1) is 11.0 Å². The van der Waals surface area contributed by atoms with Crippen LogP contribution in [0.5, 0.6) is 0 Å². The highest BCUT2D eigenvalue weighted by Gasteiger charge is 2.26. The van der Waals surface area contributed by atoms with Crippen molar-refractivity contribution < 1.29 is 14.3 Å². The summed E-state index contributed by atoms with van der Waals surface area (Å²) >= 11 is 3.26. The normalized spacial score (nSPS) is 11.0. The smallest absolute Gasteiger partial charge is 0.345 e. The monoisotopic (exact) mass is 284 g/mol. The molecule has 0 radical (unpaired) electrons. The van der Waals surface area contributed by atoms with Gasteiger partial charge in [0.2, 0.25) is 0 Å². The number of carbonyl (C=O) groups is 2. The number of rotatable bonds is 1. The molecule has 0 aromatic heterocycles. The summed E-state index contributed by atoms with van der Waals surface area (Å²) in [5.74, 6) is -1.15. The second kappa shape index (κ2) is 4.78. The fourth-order valence-corrected chi connectivity index (χ4v) is 1.15. The zero-order chi connectivity index (χ0) is 12.3. The van der Waals surface area contributed by atoms with Crippen LogP contribution in [-0.2, 0) is 9.53 Å². The minimum Gasteiger partial charge on any atom is -0.389 e. The van der Waals surface area contributed by atoms with Crippen LogP contribution >= 0.6 is 15.9 Å². The van der Waals surface area contributed by atoms with Gasteiger partial charge in [0, 0.05) is 4.47 Å². The molecule has 0 fully saturated rings. The lowest BCUT2D eigenvalue weighted by molar-refractivity contribution is -0.146. The third-order valence-electron chi connectivity index (χ3n) is 1.88. The summed E-state index contributed by atoms with van der Waals surface area (Å²) in [5, 5.41) is 0. The lowest BCUT2D eigenvalue weighted by atomic mass is 9.97. The van der Waals surface area contributed by atoms with Gasteiger partial charge in [-0.3, -0.25) is 4.79 Å². The first-order valence-electron chi connectivity index (χ1n) is 4.83. The second-order valence-corrected chi connectivity index (χ2v) is 5.35. The molecule has 0 saturated heterocycles. The van der Waals surface area contributed by atoms with Gasteiger partial charge in [0.15, 0.2) is 0 Å². The number of hydrogen-bond acceptors (Lipinski definition) is 3. The zero-order valence-corrected chi connectivity index (χ0v) is 11.0. The van der Waals surface area contributed by atoms with Gasteiger partial charge in [0.25, 0.3) is 0 Å². The molecule has 1 aromatic carbocycles. The fourth-order valence-electron chi connectivity index (χ4n) is 0.882. The molecule has 0 N–H and O–H groups in total. The van der Waals surface area contributed by atoms with Crippen LogP contribution in [0.2, 0.25) is 0 Å². The van der Waals surface area contributed by atoms with Gasteiger partial charge in [-0.1, -0.05) is 15.9 Å². The molecule has 0 amide bonds. The van der Waals surface area contributed by atoms with E-state index in [1.165, 1.54) is 0 Å². The molecule has 16 heavy (non-hydrogen) atoms. The molecular formula is C12H13BrO3. The van der Waals surface area contributed by atoms with Gasteiger partial charge in [0.1, 0.15) is 0 Å². The fraction of sp³-hybridized carbons (Fsp3) is 0.333. The summed E-state index contributed by atoms with van der Waals surface area (Å²) in [6.45, 7) is 5.10. The molecular weight excluding hydrogens is 272 g/mol. The van der Waals surface area contributed by atoms with Gasteiger partial charge in [-0.25, -0.2) is 4.79 Å². The SMILES string of the molecule is CC(C)(C)C(=O)OC(=O)c1ccc(Br)cc1. The van der Waals surface area contributed by atoms with Crippen molar-refractivity contribution in [3.63, 3.8) is 0 Å². The molecule has 86 valence electrons. The first kappa shape index (κ1) is 12.9. The van der Waals surface area contributed by atoms with E-state index in [0.29, 0.717) is 5.56 Å². The predicted molar refractivity (Wildman–Crippen MR) is 64.0 cm³/mol. The second-order valence-electron chi connectivity index (χ2n) is 4.43. The molecule has 1 rings (SSSR count). The van der Waals surface area contributed by atoms with Gasteiger partial charge < -0.3 is 4.74 Å². The minimum absolute atomic E-state index is 0.362. The van der Waals surface area contributed by atoms with E-state index >= 15 is 0 Å². The van der Waals surface area contributed by atoms with E-state index in [4.69, 9.17) is 4.74 Å². The van der Waals surface area contributed by atoms with Crippen molar-refractivity contribution in [3.05, 3.63) is 34.3 Å². The summed E-state index contributed by atoms with van der Waals surface area (Å²) in [6, 6.07) is 6.64. The molecule has 0 saturated carbocycles. The van der Waals surface area contributed by atoms with Crippen molar-refractivity contribution in [1.29, 1.82) is 0 Å². The van der Waals surface area contributed by atoms with Gasteiger partial charge in [-0.15, -0.1) is 0 Å². The van der Waals surface area contributed by atoms with Crippen molar-refractivity contribution >= 4 is 27.9 Å². The summed E-state index contributed by atoms with van der Waals surface area (Å²) < 4.78 is 5.61. The third kappa shape index (κ3) is 3.45. The highest BCUT2D eigenvalue weighted by molar-refractivity contribution is 9.10. The minimum atomic E-state index is -0.676. The predicted octanol–water partition coefficient (Wildman–Crippen LogP) is 3.18. The van der Waals surface area contributed by atoms with E-state index < -0.39 is 17.4 Å². The maximum Gasteiger partial charge on any atom is 0.345 e. The average Bonchev–Trinajstić information content (AvgIpc) is 2.17. The maximum atomic E-state index is 11.6. The lowest BCUT2D eigenvalue weighted by Gasteiger charge is -2.15. The van der Waals surface area contributed by atoms with E-state index in [9.17, 15) is 9.59 Å². The maximum absolute atomic E-state index is 11.6. The molecule has 0 aliphatic rings. The summed E-state index contributed by atoms with van der Waals surface area (Å²) in [4.78, 5) is 23.0. The zero-order valence-electron chi connectivity index (χ0n) is 9.41. The van der Waals surface area contributed by atoms with Gasteiger partial charge >= 0.3 is 11.9 Å². The Morgan fingerprint density at radius 1 is 1.12 bits per heavy atom. The Bertz CT molecular complexity index is 401. The van der Waals surface area contributed by atoms with Crippen LogP contribution in [0.4, 0.5) is 0 Å². The number of esters is 2. The van der Waals surface area contributed by atoms with E-state index in [0.717, 1.165) is 4.47 Å². The van der Waals surface area contributed by atoms with Crippen molar-refractivity contribution in [2.45, 2.75) is 20.8 Å². The van der Waals surface area contributed by atoms with Crippen molar-refractivity contribution in [3.8, 4) is 0 Å². The lowest BCUT2D eigenvalue weighted by Crippen LogP contribution is -2.25. The Kier molecular flexibility index (Phi) is 3.86. The van der Waals surface area contributed by atoms with E-state index in [1.54, 1.807) is 45.0 Å². The number of hydrogen-bond donors (Lipinski definition) is 0. The quantitative estimate of drug-likeness (QED) is 0.588. The van der Waals surface area contributed by atoms with Crippen LogP contribution in [0.1, 0.15) is 31.1 Å². The van der Waals surface area contributed by atoms with Crippen LogP contribution in [0.25, 0.3) is 0 Å². The topological polar surface area (TPSA) is 43.4 Å². The number of ether oxygens (including phenoxy) is 1. The molecule has 0 atom stereocenters. The van der Waals surface area contributed by atoms with Crippen molar-refractivity contribution in [2.75, 3.05) is 0 Å². The third-order valence-corrected chi connectivity index (χ3v) is 2.41. The molecule has 1 aromatic rings. The summed E-state index contributed by atoms with van der Waals surface area (Å²) in [5.41, 5.74) is -0.314. The van der Waals surface area contributed by atoms with E-state index in [2.05, 4.69) is 15.9 Å². The first-order valence-corrected chi connectivity index (χ1v) is 5.62. The highest BCUT2D eigenvalue weighted by Crippen LogP contribution is 2.17. The van der Waals surface area contributed by atoms with Gasteiger partial charge in [-0.05, 0) is 45.0 Å². The van der Waals surface area contributed by atoms with Crippen LogP contribution in [0.15, 0.2) is 28.7 Å². The molecule has 0 aliphatic heterocycles. The molecule has 0 unspecified atom stereocenters. The summed E-state index contributed by atoms with van der Waals surface area (Å²) in [6.07, 6.45) is 0. The van der Waals surface area contributed by atoms with E-state index in [1.807, 2.05) is 0 Å². The van der Waals surface area contributed by atoms with Crippen LogP contribution < -0.4 is 0 Å².